The van der Waals surface area contributed by atoms with E-state index in [1.165, 1.54) is 25.1 Å². The highest BCUT2D eigenvalue weighted by atomic mass is 79.9. The third-order valence-corrected chi connectivity index (χ3v) is 3.10. The molecule has 2 aromatic rings. The Hall–Kier alpha value is -2.48. The molecular weight excluding hydrogens is 344 g/mol. The molecule has 21 heavy (non-hydrogen) atoms. The Kier molecular flexibility index (Phi) is 4.18. The summed E-state index contributed by atoms with van der Waals surface area (Å²) in [6.07, 6.45) is 0. The van der Waals surface area contributed by atoms with Gasteiger partial charge in [-0.05, 0) is 31.2 Å². The molecule has 1 aromatic heterocycles. The van der Waals surface area contributed by atoms with Crippen LogP contribution in [0.15, 0.2) is 39.6 Å². The first-order chi connectivity index (χ1) is 9.88. The minimum atomic E-state index is -0.918. The number of esters is 1. The Balaban J connectivity index is 2.39. The summed E-state index contributed by atoms with van der Waals surface area (Å²) in [5.74, 6) is -1.16. The van der Waals surface area contributed by atoms with Crippen LogP contribution < -0.4 is 10.3 Å². The van der Waals surface area contributed by atoms with Crippen molar-refractivity contribution in [3.8, 4) is 5.75 Å². The molecule has 0 unspecified atom stereocenters. The molecule has 0 aliphatic rings. The van der Waals surface area contributed by atoms with E-state index in [0.29, 0.717) is 5.69 Å². The molecule has 0 amide bonds. The summed E-state index contributed by atoms with van der Waals surface area (Å²) in [6.45, 7) is 1.53. The number of H-pyrrole nitrogens is 1. The third-order valence-electron chi connectivity index (χ3n) is 2.57. The van der Waals surface area contributed by atoms with E-state index in [1.54, 1.807) is 12.1 Å². The molecule has 0 saturated carbocycles. The van der Waals surface area contributed by atoms with Crippen LogP contribution in [0.2, 0.25) is 0 Å². The van der Waals surface area contributed by atoms with Crippen molar-refractivity contribution in [3.05, 3.63) is 66.5 Å². The average Bonchev–Trinajstić information content (AvgIpc) is 2.37. The summed E-state index contributed by atoms with van der Waals surface area (Å²) in [5.41, 5.74) is -1.15. The number of nitrogens with one attached hydrogen (secondary N) is 1. The summed E-state index contributed by atoms with van der Waals surface area (Å²) in [5, 5.41) is 10.9. The lowest BCUT2D eigenvalue weighted by atomic mass is 10.2. The SMILES string of the molecule is Cc1cc(OC(=O)c2ccc(Br)cc2)c([N+](=O)[O-])c(=O)[nH]1. The number of pyridine rings is 1. The molecule has 0 aliphatic heterocycles. The van der Waals surface area contributed by atoms with Gasteiger partial charge in [0, 0.05) is 16.2 Å². The van der Waals surface area contributed by atoms with Crippen LogP contribution in [-0.2, 0) is 0 Å². The van der Waals surface area contributed by atoms with Gasteiger partial charge in [0.05, 0.1) is 10.5 Å². The predicted octanol–water partition coefficient (Wildman–Crippen LogP) is 2.57. The highest BCUT2D eigenvalue weighted by Crippen LogP contribution is 2.24. The van der Waals surface area contributed by atoms with Crippen molar-refractivity contribution >= 4 is 27.6 Å². The van der Waals surface area contributed by atoms with Gasteiger partial charge in [-0.2, -0.15) is 0 Å². The van der Waals surface area contributed by atoms with Crippen molar-refractivity contribution in [2.45, 2.75) is 6.92 Å². The number of carbonyl (C=O) groups excluding carboxylic acids is 1. The van der Waals surface area contributed by atoms with Crippen LogP contribution in [0.1, 0.15) is 16.1 Å². The summed E-state index contributed by atoms with van der Waals surface area (Å²) in [7, 11) is 0. The number of carbonyl (C=O) groups is 1. The zero-order chi connectivity index (χ0) is 15.6. The van der Waals surface area contributed by atoms with Gasteiger partial charge in [0.25, 0.3) is 0 Å². The van der Waals surface area contributed by atoms with E-state index in [-0.39, 0.29) is 11.3 Å². The fourth-order valence-electron chi connectivity index (χ4n) is 1.65. The smallest absolute Gasteiger partial charge is 0.376 e. The van der Waals surface area contributed by atoms with E-state index in [2.05, 4.69) is 20.9 Å². The van der Waals surface area contributed by atoms with Crippen LogP contribution in [0, 0.1) is 17.0 Å². The van der Waals surface area contributed by atoms with Crippen LogP contribution in [0.4, 0.5) is 5.69 Å². The third kappa shape index (κ3) is 3.34. The molecule has 0 bridgehead atoms. The molecule has 7 nitrogen and oxygen atoms in total. The van der Waals surface area contributed by atoms with E-state index in [4.69, 9.17) is 4.74 Å². The number of benzene rings is 1. The molecule has 1 aromatic carbocycles. The average molecular weight is 353 g/mol. The van der Waals surface area contributed by atoms with Gasteiger partial charge in [0.15, 0.2) is 0 Å². The fourth-order valence-corrected chi connectivity index (χ4v) is 1.91. The number of aromatic amines is 1. The molecule has 1 N–H and O–H groups in total. The van der Waals surface area contributed by atoms with Crippen LogP contribution in [0.5, 0.6) is 5.75 Å². The van der Waals surface area contributed by atoms with E-state index >= 15 is 0 Å². The predicted molar refractivity (Wildman–Crippen MR) is 77.6 cm³/mol. The highest BCUT2D eigenvalue weighted by molar-refractivity contribution is 9.10. The summed E-state index contributed by atoms with van der Waals surface area (Å²) >= 11 is 3.22. The van der Waals surface area contributed by atoms with Gasteiger partial charge in [-0.1, -0.05) is 15.9 Å². The number of aryl methyl sites for hydroxylation is 1. The largest absolute Gasteiger partial charge is 0.415 e. The van der Waals surface area contributed by atoms with Crippen molar-refractivity contribution < 1.29 is 14.5 Å². The minimum absolute atomic E-state index is 0.213. The van der Waals surface area contributed by atoms with Gasteiger partial charge in [-0.3, -0.25) is 14.9 Å². The quantitative estimate of drug-likeness (QED) is 0.519. The standard InChI is InChI=1S/C13H9BrN2O5/c1-7-6-10(11(16(19)20)12(17)15-7)21-13(18)8-2-4-9(14)5-3-8/h2-6H,1H3,(H,15,17). The molecule has 0 saturated heterocycles. The lowest BCUT2D eigenvalue weighted by molar-refractivity contribution is -0.387. The Morgan fingerprint density at radius 3 is 2.52 bits per heavy atom. The molecular formula is C13H9BrN2O5. The molecule has 0 fully saturated rings. The van der Waals surface area contributed by atoms with E-state index in [1.807, 2.05) is 0 Å². The first kappa shape index (κ1) is 14.9. The van der Waals surface area contributed by atoms with Gasteiger partial charge in [-0.15, -0.1) is 0 Å². The van der Waals surface area contributed by atoms with Crippen LogP contribution in [0.25, 0.3) is 0 Å². The normalized spacial score (nSPS) is 10.2. The van der Waals surface area contributed by atoms with Gasteiger partial charge < -0.3 is 9.72 Å². The number of hydrogen-bond donors (Lipinski definition) is 1. The number of rotatable bonds is 3. The van der Waals surface area contributed by atoms with Crippen molar-refractivity contribution in [3.63, 3.8) is 0 Å². The highest BCUT2D eigenvalue weighted by Gasteiger charge is 2.24. The Morgan fingerprint density at radius 2 is 1.95 bits per heavy atom. The van der Waals surface area contributed by atoms with E-state index < -0.39 is 22.1 Å². The molecule has 1 heterocycles. The molecule has 0 aliphatic carbocycles. The lowest BCUT2D eigenvalue weighted by Gasteiger charge is -2.05. The minimum Gasteiger partial charge on any atom is -0.415 e. The van der Waals surface area contributed by atoms with Gasteiger partial charge in [-0.25, -0.2) is 4.79 Å². The zero-order valence-corrected chi connectivity index (χ0v) is 12.3. The first-order valence-corrected chi connectivity index (χ1v) is 6.54. The Bertz CT molecular complexity index is 767. The monoisotopic (exact) mass is 352 g/mol. The molecule has 0 radical (unpaired) electrons. The molecule has 8 heteroatoms. The van der Waals surface area contributed by atoms with Crippen LogP contribution in [-0.4, -0.2) is 15.9 Å². The molecule has 2 rings (SSSR count). The van der Waals surface area contributed by atoms with Crippen LogP contribution >= 0.6 is 15.9 Å². The van der Waals surface area contributed by atoms with E-state index in [9.17, 15) is 19.7 Å². The second-order valence-electron chi connectivity index (χ2n) is 4.15. The summed E-state index contributed by atoms with van der Waals surface area (Å²) in [4.78, 5) is 35.8. The number of aromatic nitrogens is 1. The van der Waals surface area contributed by atoms with Crippen molar-refractivity contribution in [2.75, 3.05) is 0 Å². The summed E-state index contributed by atoms with van der Waals surface area (Å²) < 4.78 is 5.75. The molecule has 0 atom stereocenters. The lowest BCUT2D eigenvalue weighted by Crippen LogP contribution is -2.17. The second kappa shape index (κ2) is 5.88. The number of hydrogen-bond acceptors (Lipinski definition) is 5. The maximum absolute atomic E-state index is 12.0. The Labute approximate surface area is 126 Å². The number of nitrogens with zero attached hydrogens (tertiary/aromatic N) is 1. The number of ether oxygens (including phenoxy) is 1. The maximum Gasteiger partial charge on any atom is 0.376 e. The van der Waals surface area contributed by atoms with E-state index in [0.717, 1.165) is 4.47 Å². The second-order valence-corrected chi connectivity index (χ2v) is 5.06. The number of nitro groups is 1. The van der Waals surface area contributed by atoms with Crippen LogP contribution in [0.3, 0.4) is 0 Å². The van der Waals surface area contributed by atoms with Crippen molar-refractivity contribution in [2.24, 2.45) is 0 Å². The van der Waals surface area contributed by atoms with Gasteiger partial charge >= 0.3 is 17.2 Å². The first-order valence-electron chi connectivity index (χ1n) is 5.74. The maximum atomic E-state index is 12.0. The zero-order valence-electron chi connectivity index (χ0n) is 10.8. The molecule has 108 valence electrons. The summed E-state index contributed by atoms with van der Waals surface area (Å²) in [6, 6.07) is 7.49. The Morgan fingerprint density at radius 1 is 1.33 bits per heavy atom. The van der Waals surface area contributed by atoms with Crippen molar-refractivity contribution in [1.29, 1.82) is 0 Å². The van der Waals surface area contributed by atoms with Crippen molar-refractivity contribution in [1.82, 2.24) is 4.98 Å². The van der Waals surface area contributed by atoms with Gasteiger partial charge in [0.2, 0.25) is 5.75 Å². The molecule has 0 spiro atoms. The number of halogens is 1. The fraction of sp³-hybridized carbons (Fsp3) is 0.0769. The topological polar surface area (TPSA) is 102 Å². The van der Waals surface area contributed by atoms with Gasteiger partial charge in [0.1, 0.15) is 0 Å².